The summed E-state index contributed by atoms with van der Waals surface area (Å²) in [6.07, 6.45) is 8.67. The Hall–Kier alpha value is -12.0. The summed E-state index contributed by atoms with van der Waals surface area (Å²) in [5.41, 5.74) is 12.9. The van der Waals surface area contributed by atoms with E-state index < -0.39 is 22.6 Å². The third-order valence-electron chi connectivity index (χ3n) is 20.3. The summed E-state index contributed by atoms with van der Waals surface area (Å²) < 4.78 is 68.6. The van der Waals surface area contributed by atoms with Gasteiger partial charge in [0.2, 0.25) is 17.8 Å². The lowest BCUT2D eigenvalue weighted by atomic mass is 10.0. The van der Waals surface area contributed by atoms with Gasteiger partial charge in [-0.1, -0.05) is 74.3 Å². The second-order valence-corrected chi connectivity index (χ2v) is 37.4. The SMILES string of the molecule is C=CC(=O)Cc1cccc(-c2nc(Nc3ccc(O)c(N4CCN(C)CC4)c3)nc3[nH]ncc23)c1.C=CC(=O)Cc1cccc(-c2nc(Nc3ccc(OP(=O)(O)O)c(N4CCN(C)CC4)c3)nc3[nH]ncc23)c1.C=CC(=O)Cc1cccc(-c2nc(Nc3ccc(OP(=O)(OC(C)C)OC(C)C)c(N4CCN(C)CC4)c3)nc3[nH]ncc23)c1.CC(C)OP(=O)(Cl)OC(C)C. The van der Waals surface area contributed by atoms with E-state index in [1.165, 1.54) is 24.3 Å². The van der Waals surface area contributed by atoms with E-state index >= 15 is 0 Å². The van der Waals surface area contributed by atoms with Crippen molar-refractivity contribution < 1.29 is 70.1 Å². The van der Waals surface area contributed by atoms with Crippen LogP contribution in [-0.2, 0) is 65.4 Å². The van der Waals surface area contributed by atoms with Crippen LogP contribution in [0.3, 0.4) is 0 Å². The average molecular weight is 1850 g/mol. The third kappa shape index (κ3) is 27.3. The highest BCUT2D eigenvalue weighted by atomic mass is 35.7. The number of carbonyl (C=O) groups excluding carboxylic acids is 3. The number of piperazine rings is 3. The van der Waals surface area contributed by atoms with Gasteiger partial charge in [-0.05, 0) is 184 Å². The largest absolute Gasteiger partial charge is 0.530 e. The number of aromatic amines is 3. The number of benzene rings is 6. The van der Waals surface area contributed by atoms with Crippen LogP contribution in [-0.4, -0.2) is 232 Å². The van der Waals surface area contributed by atoms with Gasteiger partial charge in [0, 0.05) is 143 Å². The molecule has 0 unspecified atom stereocenters. The monoisotopic (exact) mass is 1850 g/mol. The summed E-state index contributed by atoms with van der Waals surface area (Å²) in [5, 5.41) is 43.8. The summed E-state index contributed by atoms with van der Waals surface area (Å²) in [5.74, 6) is 1.61. The maximum atomic E-state index is 13.7. The minimum absolute atomic E-state index is 0.0378. The van der Waals surface area contributed by atoms with E-state index in [-0.39, 0.29) is 72.5 Å². The molecule has 0 amide bonds. The first kappa shape index (κ1) is 97.1. The molecule has 9 heterocycles. The van der Waals surface area contributed by atoms with E-state index in [2.05, 4.69) is 120 Å². The molecule has 0 bridgehead atoms. The molecule has 12 aromatic rings. The molecular weight excluding hydrogens is 1740 g/mol. The van der Waals surface area contributed by atoms with Gasteiger partial charge in [0.1, 0.15) is 5.75 Å². The van der Waals surface area contributed by atoms with E-state index in [0.717, 1.165) is 132 Å². The number of phosphoric acid groups is 2. The molecule has 3 aliphatic heterocycles. The molecule has 130 heavy (non-hydrogen) atoms. The summed E-state index contributed by atoms with van der Waals surface area (Å²) in [6.45, 7) is 31.2. The van der Waals surface area contributed by atoms with Crippen molar-refractivity contribution in [2.45, 2.75) is 99.1 Å². The second kappa shape index (κ2) is 44.1. The fraction of sp³-hybridized carbons (Fsp3) is 0.333. The van der Waals surface area contributed by atoms with Crippen molar-refractivity contribution in [2.75, 3.05) is 130 Å². The molecule has 3 aliphatic rings. The van der Waals surface area contributed by atoms with Crippen LogP contribution in [0.25, 0.3) is 66.9 Å². The molecule has 9 N–H and O–H groups in total. The van der Waals surface area contributed by atoms with E-state index in [1.54, 1.807) is 104 Å². The Morgan fingerprint density at radius 2 is 0.738 bits per heavy atom. The maximum absolute atomic E-state index is 13.7. The number of hydrogen-bond donors (Lipinski definition) is 9. The fourth-order valence-electron chi connectivity index (χ4n) is 14.2. The Kier molecular flexibility index (Phi) is 32.9. The molecule has 15 rings (SSSR count). The Morgan fingerprint density at radius 3 is 1.05 bits per heavy atom. The topological polar surface area (TPSA) is 437 Å². The van der Waals surface area contributed by atoms with Gasteiger partial charge in [0.05, 0.1) is 93.3 Å². The standard InChI is InChI=1S/C32H40N7O5P.C26H28N7O5P.C26H27N7O2.C6H14ClO3P/c1-7-26(40)18-23-9-8-10-24(17-23)30-27-20-33-37-31(27)36-32(35-30)34-25-11-12-29(28(19-25)39-15-13-38(6)14-16-39)44-45(41,42-21(2)3)43-22(4)5;1-3-20(34)14-17-5-4-6-18(13-17)24-21-16-27-31-25(21)30-26(29-24)28-19-7-8-23(38-39(35,36)37)22(15-19)33-11-9-32(2)10-12-33;1-3-20(34)14-17-5-4-6-18(13-17)24-21-16-27-31-25(21)30-26(29-24)28-19-7-8-23(35)22(15-19)33-11-9-32(2)10-12-33;1-5(2)9-11(7,8)10-6(3)4/h7-12,17,19-22H,1,13-16,18H2,2-6H3,(H2,33,34,35,36,37);3-8,13,15-16H,1,9-12,14H2,2H3,(H2,35,36,37)(H2,27,28,29,30,31);3-8,13,15-16,35H,1,9-12,14H2,2H3,(H2,27,28,29,30,31);5-6H,1-4H3. The van der Waals surface area contributed by atoms with Crippen molar-refractivity contribution in [2.24, 2.45) is 0 Å². The quantitative estimate of drug-likeness (QED) is 0.0105. The molecule has 36 nitrogen and oxygen atoms in total. The van der Waals surface area contributed by atoms with Gasteiger partial charge in [-0.2, -0.15) is 30.2 Å². The van der Waals surface area contributed by atoms with Crippen LogP contribution in [0.2, 0.25) is 0 Å². The first-order valence-corrected chi connectivity index (χ1v) is 47.6. The van der Waals surface area contributed by atoms with Gasteiger partial charge in [0.15, 0.2) is 45.8 Å². The molecule has 0 spiro atoms. The number of phosphoric ester groups is 2. The van der Waals surface area contributed by atoms with Crippen LogP contribution >= 0.6 is 33.8 Å². The van der Waals surface area contributed by atoms with Gasteiger partial charge in [0.25, 0.3) is 0 Å². The molecule has 0 aliphatic carbocycles. The number of aromatic hydroxyl groups is 1. The number of nitrogens with one attached hydrogen (secondary N) is 6. The number of rotatable bonds is 33. The molecule has 3 saturated heterocycles. The molecule has 0 radical (unpaired) electrons. The van der Waals surface area contributed by atoms with Gasteiger partial charge in [-0.15, -0.1) is 0 Å². The zero-order valence-corrected chi connectivity index (χ0v) is 77.7. The highest BCUT2D eigenvalue weighted by Crippen LogP contribution is 2.56. The normalized spacial score (nSPS) is 14.2. The van der Waals surface area contributed by atoms with Crippen LogP contribution in [0, 0.1) is 0 Å². The van der Waals surface area contributed by atoms with Crippen LogP contribution in [0.4, 0.5) is 52.0 Å². The molecule has 40 heteroatoms. The summed E-state index contributed by atoms with van der Waals surface area (Å²) in [7, 11) is -2.47. The number of likely N-dealkylation sites (N-methyl/N-ethyl adjacent to an activating group) is 3. The van der Waals surface area contributed by atoms with Gasteiger partial charge in [-0.25, -0.2) is 28.6 Å². The lowest BCUT2D eigenvalue weighted by molar-refractivity contribution is -0.114. The zero-order valence-electron chi connectivity index (χ0n) is 74.3. The Bertz CT molecular complexity index is 6140. The fourth-order valence-corrected chi connectivity index (χ4v) is 18.2. The molecule has 0 saturated carbocycles. The number of phenolic OH excluding ortho intramolecular Hbond substituents is 1. The number of halogens is 1. The number of carbonyl (C=O) groups is 3. The number of allylic oxidation sites excluding steroid dienone is 3. The number of anilines is 9. The van der Waals surface area contributed by atoms with Gasteiger partial charge >= 0.3 is 22.6 Å². The number of phenols is 1. The van der Waals surface area contributed by atoms with Crippen molar-refractivity contribution in [3.8, 4) is 51.0 Å². The van der Waals surface area contributed by atoms with Crippen LogP contribution in [0.5, 0.6) is 17.2 Å². The van der Waals surface area contributed by atoms with Crippen LogP contribution < -0.4 is 39.7 Å². The van der Waals surface area contributed by atoms with E-state index in [1.807, 2.05) is 103 Å². The molecular formula is C90H109ClN21O15P3. The van der Waals surface area contributed by atoms with E-state index in [9.17, 15) is 43.0 Å². The lowest BCUT2D eigenvalue weighted by Gasteiger charge is -2.35. The van der Waals surface area contributed by atoms with Crippen molar-refractivity contribution in [3.05, 3.63) is 201 Å². The van der Waals surface area contributed by atoms with Crippen molar-refractivity contribution in [3.63, 3.8) is 0 Å². The predicted octanol–water partition coefficient (Wildman–Crippen LogP) is 16.1. The minimum Gasteiger partial charge on any atom is -0.506 e. The van der Waals surface area contributed by atoms with Gasteiger partial charge < -0.3 is 59.5 Å². The van der Waals surface area contributed by atoms with Crippen LogP contribution in [0.1, 0.15) is 72.1 Å². The Labute approximate surface area is 758 Å². The van der Waals surface area contributed by atoms with E-state index in [4.69, 9.17) is 53.3 Å². The van der Waals surface area contributed by atoms with Crippen molar-refractivity contribution >= 4 is 136 Å². The first-order valence-electron chi connectivity index (χ1n) is 42.2. The average Bonchev–Trinajstić information content (AvgIpc) is 1.73. The number of fused-ring (bicyclic) bond motifs is 3. The number of hydrogen-bond acceptors (Lipinski definition) is 31. The maximum Gasteiger partial charge on any atom is 0.530 e. The molecule has 0 atom stereocenters. The number of H-pyrrole nitrogens is 3. The zero-order chi connectivity index (χ0) is 93.1. The predicted molar refractivity (Wildman–Crippen MR) is 507 cm³/mol. The van der Waals surface area contributed by atoms with Crippen molar-refractivity contribution in [1.29, 1.82) is 0 Å². The summed E-state index contributed by atoms with van der Waals surface area (Å²) in [6, 6.07) is 38.8. The second-order valence-electron chi connectivity index (χ2n) is 32.2. The summed E-state index contributed by atoms with van der Waals surface area (Å²) >= 11 is 5.44. The molecule has 6 aromatic carbocycles. The summed E-state index contributed by atoms with van der Waals surface area (Å²) in [4.78, 5) is 95.9. The molecule has 6 aromatic heterocycles. The van der Waals surface area contributed by atoms with Crippen LogP contribution in [0.15, 0.2) is 184 Å². The van der Waals surface area contributed by atoms with Crippen molar-refractivity contribution in [1.82, 2.24) is 75.2 Å². The number of ketones is 3. The smallest absolute Gasteiger partial charge is 0.506 e. The van der Waals surface area contributed by atoms with E-state index in [0.29, 0.717) is 87.8 Å². The third-order valence-corrected chi connectivity index (χ3v) is 24.4. The first-order chi connectivity index (χ1) is 62.0. The molecule has 3 fully saturated rings. The molecule has 686 valence electrons. The number of aromatic nitrogens is 12. The minimum atomic E-state index is -4.76. The van der Waals surface area contributed by atoms with Gasteiger partial charge in [-0.3, -0.25) is 57.6 Å². The Balaban J connectivity index is 0.000000167. The Morgan fingerprint density at radius 1 is 0.431 bits per heavy atom. The number of nitrogens with zero attached hydrogens (tertiary/aromatic N) is 15. The lowest BCUT2D eigenvalue weighted by Crippen LogP contribution is -2.44. The highest BCUT2D eigenvalue weighted by molar-refractivity contribution is 7.81. The highest BCUT2D eigenvalue weighted by Gasteiger charge is 2.35.